The van der Waals surface area contributed by atoms with Gasteiger partial charge in [-0.2, -0.15) is 5.01 Å². The monoisotopic (exact) mass is 749 g/mol. The van der Waals surface area contributed by atoms with E-state index in [4.69, 9.17) is 11.6 Å². The molecule has 0 radical (unpaired) electrons. The van der Waals surface area contributed by atoms with Crippen LogP contribution in [0.1, 0.15) is 41.0 Å². The van der Waals surface area contributed by atoms with E-state index in [0.29, 0.717) is 32.0 Å². The van der Waals surface area contributed by atoms with E-state index in [1.807, 2.05) is 74.5 Å². The number of carbonyl (C=O) groups excluding carboxylic acids is 4. The number of rotatable bonds is 5. The predicted octanol–water partition coefficient (Wildman–Crippen LogP) is 7.61. The van der Waals surface area contributed by atoms with Crippen LogP contribution < -0.4 is 10.3 Å². The molecule has 2 aliphatic heterocycles. The first-order valence-electron chi connectivity index (χ1n) is 16.6. The van der Waals surface area contributed by atoms with E-state index in [1.165, 1.54) is 4.90 Å². The third-order valence-electron chi connectivity index (χ3n) is 11.1. The van der Waals surface area contributed by atoms with Crippen molar-refractivity contribution in [3.05, 3.63) is 134 Å². The maximum absolute atomic E-state index is 15.2. The molecule has 0 aromatic heterocycles. The number of hydrazine groups is 1. The summed E-state index contributed by atoms with van der Waals surface area (Å²) in [5, 5.41) is 13.1. The first kappa shape index (κ1) is 32.5. The molecule has 0 spiro atoms. The van der Waals surface area contributed by atoms with Gasteiger partial charge in [0.25, 0.3) is 11.8 Å². The molecular weight excluding hydrogens is 718 g/mol. The number of anilines is 2. The number of aromatic hydroxyl groups is 1. The molecule has 8 nitrogen and oxygen atoms in total. The number of benzene rings is 4. The molecule has 4 aromatic rings. The number of hydrogen-bond acceptors (Lipinski definition) is 6. The molecule has 4 amide bonds. The van der Waals surface area contributed by atoms with Crippen LogP contribution in [-0.4, -0.2) is 33.7 Å². The minimum Gasteiger partial charge on any atom is -0.508 e. The third-order valence-corrected chi connectivity index (χ3v) is 12.0. The van der Waals surface area contributed by atoms with Crippen LogP contribution in [0.4, 0.5) is 11.4 Å². The van der Waals surface area contributed by atoms with Crippen LogP contribution in [0.3, 0.4) is 0 Å². The average Bonchev–Trinajstić information content (AvgIpc) is 3.49. The lowest BCUT2D eigenvalue weighted by Gasteiger charge is -2.50. The molecule has 10 heteroatoms. The zero-order valence-electron chi connectivity index (χ0n) is 27.3. The number of aryl methyl sites for hydroxylation is 2. The van der Waals surface area contributed by atoms with Crippen molar-refractivity contribution in [3.63, 3.8) is 0 Å². The quantitative estimate of drug-likeness (QED) is 0.161. The summed E-state index contributed by atoms with van der Waals surface area (Å²) in [6.07, 6.45) is 2.40. The zero-order chi connectivity index (χ0) is 35.1. The van der Waals surface area contributed by atoms with Gasteiger partial charge in [-0.3, -0.25) is 24.6 Å². The summed E-state index contributed by atoms with van der Waals surface area (Å²) in [5.74, 6) is -5.32. The molecule has 252 valence electrons. The van der Waals surface area contributed by atoms with Gasteiger partial charge in [0.1, 0.15) is 5.75 Å². The molecular formula is C40H33BrClN3O5. The first-order chi connectivity index (χ1) is 24.0. The number of carbonyl (C=O) groups is 4. The van der Waals surface area contributed by atoms with E-state index in [0.717, 1.165) is 21.7 Å². The maximum atomic E-state index is 15.2. The summed E-state index contributed by atoms with van der Waals surface area (Å²) in [6, 6.07) is 26.9. The van der Waals surface area contributed by atoms with Gasteiger partial charge in [0.15, 0.2) is 0 Å². The van der Waals surface area contributed by atoms with Gasteiger partial charge in [0, 0.05) is 21.0 Å². The lowest BCUT2D eigenvalue weighted by molar-refractivity contribution is -0.138. The number of allylic oxidation sites excluding steroid dienone is 2. The fraction of sp³-hybridized carbons (Fsp3) is 0.250. The van der Waals surface area contributed by atoms with E-state index in [-0.39, 0.29) is 30.4 Å². The van der Waals surface area contributed by atoms with Gasteiger partial charge in [-0.15, -0.1) is 0 Å². The van der Waals surface area contributed by atoms with Crippen LogP contribution >= 0.6 is 27.5 Å². The second-order valence-corrected chi connectivity index (χ2v) is 15.1. The Kier molecular flexibility index (Phi) is 7.76. The maximum Gasteiger partial charge on any atom is 0.260 e. The Bertz CT molecular complexity index is 2140. The molecule has 6 atom stereocenters. The summed E-state index contributed by atoms with van der Waals surface area (Å²) in [7, 11) is 0. The van der Waals surface area contributed by atoms with Crippen LogP contribution in [0.2, 0.25) is 5.02 Å². The molecule has 2 aliphatic carbocycles. The number of imide groups is 2. The summed E-state index contributed by atoms with van der Waals surface area (Å²) in [6.45, 7) is 3.81. The zero-order valence-corrected chi connectivity index (χ0v) is 29.6. The van der Waals surface area contributed by atoms with Gasteiger partial charge < -0.3 is 5.11 Å². The highest BCUT2D eigenvalue weighted by Gasteiger charge is 2.70. The van der Waals surface area contributed by atoms with E-state index in [9.17, 15) is 19.5 Å². The third kappa shape index (κ3) is 4.70. The van der Waals surface area contributed by atoms with Gasteiger partial charge in [-0.25, -0.2) is 4.90 Å². The van der Waals surface area contributed by atoms with E-state index < -0.39 is 46.8 Å². The number of phenolic OH excluding ortho intramolecular Hbond substituents is 1. The van der Waals surface area contributed by atoms with Crippen LogP contribution in [0.5, 0.6) is 5.75 Å². The second kappa shape index (κ2) is 12.0. The number of amides is 4. The van der Waals surface area contributed by atoms with Crippen molar-refractivity contribution >= 4 is 62.5 Å². The number of fused-ring (bicyclic) bond motifs is 4. The number of hydrogen-bond donors (Lipinski definition) is 2. The first-order valence-corrected chi connectivity index (χ1v) is 17.8. The van der Waals surface area contributed by atoms with Gasteiger partial charge in [0.05, 0.1) is 34.5 Å². The van der Waals surface area contributed by atoms with Crippen molar-refractivity contribution in [2.24, 2.45) is 23.7 Å². The van der Waals surface area contributed by atoms with Crippen molar-refractivity contribution in [2.45, 2.75) is 38.0 Å². The molecule has 4 aliphatic rings. The Hall–Kier alpha value is -4.73. The molecule has 2 heterocycles. The minimum absolute atomic E-state index is 0.0362. The molecule has 8 rings (SSSR count). The van der Waals surface area contributed by atoms with Gasteiger partial charge in [0.2, 0.25) is 11.8 Å². The van der Waals surface area contributed by atoms with Crippen LogP contribution in [-0.2, 0) is 24.6 Å². The molecule has 2 saturated heterocycles. The lowest BCUT2D eigenvalue weighted by atomic mass is 9.49. The summed E-state index contributed by atoms with van der Waals surface area (Å²) in [4.78, 5) is 59.7. The van der Waals surface area contributed by atoms with Gasteiger partial charge in [-0.1, -0.05) is 93.3 Å². The van der Waals surface area contributed by atoms with Crippen molar-refractivity contribution in [1.29, 1.82) is 0 Å². The highest BCUT2D eigenvalue weighted by Crippen LogP contribution is 2.65. The number of phenols is 1. The normalized spacial score (nSPS) is 27.2. The van der Waals surface area contributed by atoms with Crippen molar-refractivity contribution in [1.82, 2.24) is 5.01 Å². The van der Waals surface area contributed by atoms with E-state index >= 15 is 4.79 Å². The van der Waals surface area contributed by atoms with E-state index in [1.54, 1.807) is 36.4 Å². The molecule has 2 N–H and O–H groups in total. The van der Waals surface area contributed by atoms with Crippen molar-refractivity contribution in [3.8, 4) is 5.75 Å². The number of nitrogens with one attached hydrogen (secondary N) is 1. The largest absolute Gasteiger partial charge is 0.508 e. The lowest BCUT2D eigenvalue weighted by Crippen LogP contribution is -2.53. The van der Waals surface area contributed by atoms with Crippen molar-refractivity contribution < 1.29 is 24.3 Å². The Labute approximate surface area is 302 Å². The predicted molar refractivity (Wildman–Crippen MR) is 193 cm³/mol. The topological polar surface area (TPSA) is 107 Å². The average molecular weight is 751 g/mol. The molecule has 4 aromatic carbocycles. The Morgan fingerprint density at radius 3 is 2.32 bits per heavy atom. The summed E-state index contributed by atoms with van der Waals surface area (Å²) >= 11 is 10.0. The van der Waals surface area contributed by atoms with Gasteiger partial charge in [-0.05, 0) is 86.2 Å². The minimum atomic E-state index is -1.47. The van der Waals surface area contributed by atoms with Crippen LogP contribution in [0.25, 0.3) is 0 Å². The fourth-order valence-corrected chi connectivity index (χ4v) is 9.38. The smallest absolute Gasteiger partial charge is 0.260 e. The Balaban J connectivity index is 1.32. The van der Waals surface area contributed by atoms with Crippen LogP contribution in [0, 0.1) is 37.5 Å². The highest BCUT2D eigenvalue weighted by molar-refractivity contribution is 9.10. The molecule has 50 heavy (non-hydrogen) atoms. The Morgan fingerprint density at radius 1 is 0.860 bits per heavy atom. The highest BCUT2D eigenvalue weighted by atomic mass is 79.9. The fourth-order valence-electron chi connectivity index (χ4n) is 8.82. The second-order valence-electron chi connectivity index (χ2n) is 13.7. The van der Waals surface area contributed by atoms with E-state index in [2.05, 4.69) is 21.4 Å². The Morgan fingerprint density at radius 2 is 1.60 bits per heavy atom. The number of halogens is 2. The molecule has 1 saturated carbocycles. The summed E-state index contributed by atoms with van der Waals surface area (Å²) in [5.41, 5.74) is 6.31. The van der Waals surface area contributed by atoms with Crippen molar-refractivity contribution in [2.75, 3.05) is 10.3 Å². The molecule has 3 fully saturated rings. The SMILES string of the molecule is Cc1ccc(NN2C(=O)C3CC4C(=CCC5C(=O)N(c6ccc(C)c(Cl)c6)C(=O)C54)C(c4cc(Br)ccc4O)C3(c3ccccc3)C2=O)cc1. The molecule has 0 bridgehead atoms. The number of nitrogens with zero attached hydrogens (tertiary/aromatic N) is 2. The molecule has 6 unspecified atom stereocenters. The summed E-state index contributed by atoms with van der Waals surface area (Å²) < 4.78 is 0.683. The van der Waals surface area contributed by atoms with Crippen LogP contribution in [0.15, 0.2) is 107 Å². The standard InChI is InChI=1S/C40H33BrClN3O5/c1-21-8-12-25(13-9-21)43-45-37(48)31-20-29-27(15-16-28-34(29)38(49)44(36(28)47)26-14-10-22(2)32(42)19-26)35(30-18-24(41)11-17-33(30)46)40(31,39(45)50)23-6-4-3-5-7-23/h3-15,17-19,28-29,31,34-35,43,46H,16,20H2,1-2H3. The van der Waals surface area contributed by atoms with Gasteiger partial charge >= 0.3 is 0 Å².